The SMILES string of the molecule is O=C(O)C1C2CCC3(CN(CCc4ccc(F)cc4)C(=O)C13)O2. The number of rotatable bonds is 4. The minimum atomic E-state index is -0.935. The van der Waals surface area contributed by atoms with Gasteiger partial charge in [-0.25, -0.2) is 4.39 Å². The van der Waals surface area contributed by atoms with Crippen LogP contribution in [0.1, 0.15) is 18.4 Å². The summed E-state index contributed by atoms with van der Waals surface area (Å²) in [5.74, 6) is -2.59. The number of likely N-dealkylation sites (tertiary alicyclic amines) is 1. The molecule has 1 aromatic rings. The number of halogens is 1. The lowest BCUT2D eigenvalue weighted by atomic mass is 9.73. The lowest BCUT2D eigenvalue weighted by Crippen LogP contribution is -2.41. The van der Waals surface area contributed by atoms with Crippen molar-refractivity contribution in [2.75, 3.05) is 13.1 Å². The first-order chi connectivity index (χ1) is 11.0. The van der Waals surface area contributed by atoms with Crippen LogP contribution in [-0.2, 0) is 20.7 Å². The quantitative estimate of drug-likeness (QED) is 0.912. The predicted molar refractivity (Wildman–Crippen MR) is 78.1 cm³/mol. The number of carboxylic acid groups (broad SMARTS) is 1. The van der Waals surface area contributed by atoms with Gasteiger partial charge in [0, 0.05) is 6.54 Å². The topological polar surface area (TPSA) is 66.8 Å². The largest absolute Gasteiger partial charge is 0.481 e. The molecule has 6 heteroatoms. The van der Waals surface area contributed by atoms with Crippen LogP contribution in [0.15, 0.2) is 24.3 Å². The minimum Gasteiger partial charge on any atom is -0.481 e. The van der Waals surface area contributed by atoms with E-state index in [4.69, 9.17) is 4.74 Å². The molecule has 4 atom stereocenters. The Morgan fingerprint density at radius 3 is 2.83 bits per heavy atom. The van der Waals surface area contributed by atoms with Gasteiger partial charge in [0.05, 0.1) is 30.1 Å². The van der Waals surface area contributed by atoms with Crippen LogP contribution >= 0.6 is 0 Å². The lowest BCUT2D eigenvalue weighted by molar-refractivity contribution is -0.149. The van der Waals surface area contributed by atoms with Crippen molar-refractivity contribution in [3.05, 3.63) is 35.6 Å². The molecule has 0 saturated carbocycles. The Labute approximate surface area is 133 Å². The molecule has 2 bridgehead atoms. The smallest absolute Gasteiger partial charge is 0.310 e. The van der Waals surface area contributed by atoms with Crippen molar-refractivity contribution in [2.45, 2.75) is 31.0 Å². The molecule has 4 unspecified atom stereocenters. The van der Waals surface area contributed by atoms with Gasteiger partial charge < -0.3 is 14.7 Å². The van der Waals surface area contributed by atoms with Gasteiger partial charge in [0.25, 0.3) is 0 Å². The number of amides is 1. The Bertz CT molecular complexity index is 661. The fourth-order valence-corrected chi connectivity index (χ4v) is 4.43. The van der Waals surface area contributed by atoms with Crippen LogP contribution in [0.25, 0.3) is 0 Å². The van der Waals surface area contributed by atoms with E-state index >= 15 is 0 Å². The monoisotopic (exact) mass is 319 g/mol. The van der Waals surface area contributed by atoms with Crippen molar-refractivity contribution in [2.24, 2.45) is 11.8 Å². The Morgan fingerprint density at radius 2 is 2.13 bits per heavy atom. The first-order valence-corrected chi connectivity index (χ1v) is 7.94. The molecule has 4 rings (SSSR count). The van der Waals surface area contributed by atoms with Crippen LogP contribution in [0.2, 0.25) is 0 Å². The highest BCUT2D eigenvalue weighted by molar-refractivity contribution is 5.89. The number of fused-ring (bicyclic) bond motifs is 1. The molecule has 3 fully saturated rings. The number of ether oxygens (including phenoxy) is 1. The minimum absolute atomic E-state index is 0.110. The molecule has 3 aliphatic heterocycles. The first kappa shape index (κ1) is 14.6. The van der Waals surface area contributed by atoms with Crippen molar-refractivity contribution < 1.29 is 23.8 Å². The van der Waals surface area contributed by atoms with Crippen molar-refractivity contribution >= 4 is 11.9 Å². The van der Waals surface area contributed by atoms with Crippen LogP contribution in [0.4, 0.5) is 4.39 Å². The fraction of sp³-hybridized carbons (Fsp3) is 0.529. The summed E-state index contributed by atoms with van der Waals surface area (Å²) in [6, 6.07) is 6.22. The van der Waals surface area contributed by atoms with Gasteiger partial charge in [-0.2, -0.15) is 0 Å². The Hall–Kier alpha value is -1.95. The van der Waals surface area contributed by atoms with E-state index in [0.29, 0.717) is 25.9 Å². The number of aliphatic carboxylic acids is 1. The van der Waals surface area contributed by atoms with Crippen LogP contribution in [0.5, 0.6) is 0 Å². The van der Waals surface area contributed by atoms with Crippen LogP contribution < -0.4 is 0 Å². The summed E-state index contributed by atoms with van der Waals surface area (Å²) in [7, 11) is 0. The number of hydrogen-bond acceptors (Lipinski definition) is 3. The molecule has 1 aromatic carbocycles. The van der Waals surface area contributed by atoms with Gasteiger partial charge in [-0.3, -0.25) is 9.59 Å². The number of hydrogen-bond donors (Lipinski definition) is 1. The molecule has 1 spiro atoms. The zero-order valence-corrected chi connectivity index (χ0v) is 12.6. The molecular formula is C17H18FNO4. The zero-order chi connectivity index (χ0) is 16.2. The molecule has 0 aliphatic carbocycles. The molecule has 0 radical (unpaired) electrons. The highest BCUT2D eigenvalue weighted by Gasteiger charge is 2.68. The van der Waals surface area contributed by atoms with E-state index in [2.05, 4.69) is 0 Å². The maximum Gasteiger partial charge on any atom is 0.310 e. The summed E-state index contributed by atoms with van der Waals surface area (Å²) in [5.41, 5.74) is 0.349. The number of carbonyl (C=O) groups excluding carboxylic acids is 1. The van der Waals surface area contributed by atoms with Crippen LogP contribution in [0, 0.1) is 17.7 Å². The van der Waals surface area contributed by atoms with Crippen LogP contribution in [-0.4, -0.2) is 46.7 Å². The molecular weight excluding hydrogens is 301 g/mol. The van der Waals surface area contributed by atoms with E-state index < -0.39 is 23.4 Å². The fourth-order valence-electron chi connectivity index (χ4n) is 4.43. The van der Waals surface area contributed by atoms with Gasteiger partial charge in [-0.1, -0.05) is 12.1 Å². The predicted octanol–water partition coefficient (Wildman–Crippen LogP) is 1.46. The summed E-state index contributed by atoms with van der Waals surface area (Å²) >= 11 is 0. The molecule has 122 valence electrons. The Morgan fingerprint density at radius 1 is 1.39 bits per heavy atom. The first-order valence-electron chi connectivity index (χ1n) is 7.94. The van der Waals surface area contributed by atoms with Crippen molar-refractivity contribution in [3.63, 3.8) is 0 Å². The van der Waals surface area contributed by atoms with E-state index in [1.165, 1.54) is 12.1 Å². The Kier molecular flexibility index (Phi) is 3.20. The second-order valence-corrected chi connectivity index (χ2v) is 6.74. The maximum absolute atomic E-state index is 12.9. The summed E-state index contributed by atoms with van der Waals surface area (Å²) in [6.45, 7) is 0.973. The summed E-state index contributed by atoms with van der Waals surface area (Å²) in [5, 5.41) is 9.43. The standard InChI is InChI=1S/C17H18FNO4/c18-11-3-1-10(2-4-11)6-8-19-9-17-7-5-12(23-17)13(16(21)22)14(17)15(19)20/h1-4,12-14H,5-9H2,(H,21,22). The summed E-state index contributed by atoms with van der Waals surface area (Å²) in [6.07, 6.45) is 1.77. The molecule has 3 aliphatic rings. The van der Waals surface area contributed by atoms with Gasteiger partial charge in [-0.15, -0.1) is 0 Å². The van der Waals surface area contributed by atoms with E-state index in [9.17, 15) is 19.1 Å². The van der Waals surface area contributed by atoms with E-state index in [1.54, 1.807) is 17.0 Å². The van der Waals surface area contributed by atoms with E-state index in [1.807, 2.05) is 0 Å². The van der Waals surface area contributed by atoms with Gasteiger partial charge >= 0.3 is 5.97 Å². The van der Waals surface area contributed by atoms with Crippen molar-refractivity contribution in [1.82, 2.24) is 4.90 Å². The van der Waals surface area contributed by atoms with E-state index in [-0.39, 0.29) is 17.8 Å². The molecule has 5 nitrogen and oxygen atoms in total. The molecule has 0 aromatic heterocycles. The molecule has 3 saturated heterocycles. The average Bonchev–Trinajstić information content (AvgIpc) is 3.15. The average molecular weight is 319 g/mol. The number of nitrogens with zero attached hydrogens (tertiary/aromatic N) is 1. The zero-order valence-electron chi connectivity index (χ0n) is 12.6. The molecule has 1 N–H and O–H groups in total. The van der Waals surface area contributed by atoms with Gasteiger partial charge in [0.15, 0.2) is 0 Å². The summed E-state index contributed by atoms with van der Waals surface area (Å²) in [4.78, 5) is 25.9. The second-order valence-electron chi connectivity index (χ2n) is 6.74. The van der Waals surface area contributed by atoms with Gasteiger partial charge in [-0.05, 0) is 37.0 Å². The van der Waals surface area contributed by atoms with E-state index in [0.717, 1.165) is 12.0 Å². The highest BCUT2D eigenvalue weighted by atomic mass is 19.1. The molecule has 1 amide bonds. The summed E-state index contributed by atoms with van der Waals surface area (Å²) < 4.78 is 18.9. The molecule has 3 heterocycles. The number of carbonyl (C=O) groups is 2. The third-order valence-corrected chi connectivity index (χ3v) is 5.47. The third-order valence-electron chi connectivity index (χ3n) is 5.47. The number of benzene rings is 1. The normalized spacial score (nSPS) is 34.9. The second kappa shape index (κ2) is 5.03. The van der Waals surface area contributed by atoms with Crippen LogP contribution in [0.3, 0.4) is 0 Å². The van der Waals surface area contributed by atoms with Gasteiger partial charge in [0.1, 0.15) is 5.82 Å². The van der Waals surface area contributed by atoms with Crippen molar-refractivity contribution in [3.8, 4) is 0 Å². The number of carboxylic acids is 1. The lowest BCUT2D eigenvalue weighted by Gasteiger charge is -2.25. The maximum atomic E-state index is 12.9. The Balaban J connectivity index is 1.49. The van der Waals surface area contributed by atoms with Crippen molar-refractivity contribution in [1.29, 1.82) is 0 Å². The third kappa shape index (κ3) is 2.16. The highest BCUT2D eigenvalue weighted by Crippen LogP contribution is 2.55. The van der Waals surface area contributed by atoms with Gasteiger partial charge in [0.2, 0.25) is 5.91 Å². The molecule has 23 heavy (non-hydrogen) atoms.